The van der Waals surface area contributed by atoms with Crippen LogP contribution in [0.25, 0.3) is 0 Å². The Bertz CT molecular complexity index is 744. The van der Waals surface area contributed by atoms with Crippen molar-refractivity contribution in [2.24, 2.45) is 0 Å². The van der Waals surface area contributed by atoms with Gasteiger partial charge in [-0.25, -0.2) is 4.79 Å². The third-order valence-electron chi connectivity index (χ3n) is 4.00. The third-order valence-corrected chi connectivity index (χ3v) is 4.00. The van der Waals surface area contributed by atoms with E-state index in [1.165, 1.54) is 11.8 Å². The molecule has 0 saturated heterocycles. The zero-order valence-electron chi connectivity index (χ0n) is 12.7. The number of carbonyl (C=O) groups excluding carboxylic acids is 1. The van der Waals surface area contributed by atoms with Crippen molar-refractivity contribution in [1.29, 1.82) is 0 Å². The fourth-order valence-corrected chi connectivity index (χ4v) is 2.64. The van der Waals surface area contributed by atoms with E-state index in [0.717, 1.165) is 5.56 Å². The normalized spacial score (nSPS) is 19.9. The highest BCUT2D eigenvalue weighted by Crippen LogP contribution is 2.37. The van der Waals surface area contributed by atoms with Gasteiger partial charge in [-0.3, -0.25) is 4.79 Å². The van der Waals surface area contributed by atoms with Crippen LogP contribution in [0.2, 0.25) is 0 Å². The van der Waals surface area contributed by atoms with Crippen molar-refractivity contribution in [3.05, 3.63) is 60.2 Å². The number of hydrogen-bond donors (Lipinski definition) is 1. The molecule has 1 aliphatic rings. The molecule has 0 aliphatic carbocycles. The van der Waals surface area contributed by atoms with E-state index in [2.05, 4.69) is 0 Å². The molecule has 0 fully saturated rings. The van der Waals surface area contributed by atoms with Gasteiger partial charge in [0.05, 0.1) is 5.69 Å². The molecule has 0 unspecified atom stereocenters. The molecule has 1 amide bonds. The van der Waals surface area contributed by atoms with Crippen LogP contribution < -0.4 is 9.64 Å². The van der Waals surface area contributed by atoms with Crippen LogP contribution in [0.1, 0.15) is 12.5 Å². The topological polar surface area (TPSA) is 66.8 Å². The number of rotatable bonds is 4. The first kappa shape index (κ1) is 15.1. The highest BCUT2D eigenvalue weighted by molar-refractivity contribution is 6.14. The van der Waals surface area contributed by atoms with Crippen molar-refractivity contribution < 1.29 is 19.4 Å². The van der Waals surface area contributed by atoms with Gasteiger partial charge in [-0.2, -0.15) is 0 Å². The molecule has 2 aromatic carbocycles. The van der Waals surface area contributed by atoms with Gasteiger partial charge < -0.3 is 14.7 Å². The minimum absolute atomic E-state index is 0.395. The summed E-state index contributed by atoms with van der Waals surface area (Å²) in [5.41, 5.74) is -0.209. The Balaban J connectivity index is 1.93. The van der Waals surface area contributed by atoms with Crippen LogP contribution >= 0.6 is 0 Å². The molecule has 0 radical (unpaired) electrons. The summed E-state index contributed by atoms with van der Waals surface area (Å²) in [5.74, 6) is -1.44. The Morgan fingerprint density at radius 2 is 1.78 bits per heavy atom. The Kier molecular flexibility index (Phi) is 3.78. The van der Waals surface area contributed by atoms with Crippen molar-refractivity contribution in [3.63, 3.8) is 0 Å². The van der Waals surface area contributed by atoms with Crippen molar-refractivity contribution in [2.45, 2.75) is 18.9 Å². The van der Waals surface area contributed by atoms with Crippen molar-refractivity contribution in [1.82, 2.24) is 0 Å². The second-order valence-electron chi connectivity index (χ2n) is 5.60. The summed E-state index contributed by atoms with van der Waals surface area (Å²) in [4.78, 5) is 25.7. The Morgan fingerprint density at radius 3 is 2.48 bits per heavy atom. The number of hydrogen-bond acceptors (Lipinski definition) is 3. The lowest BCUT2D eigenvalue weighted by Crippen LogP contribution is -2.59. The molecule has 0 spiro atoms. The molecule has 1 atom stereocenters. The van der Waals surface area contributed by atoms with Crippen LogP contribution in [0.4, 0.5) is 5.69 Å². The molecule has 1 N–H and O–H groups in total. The summed E-state index contributed by atoms with van der Waals surface area (Å²) >= 11 is 0. The third kappa shape index (κ3) is 2.65. The molecule has 2 aromatic rings. The number of para-hydroxylation sites is 2. The van der Waals surface area contributed by atoms with Crippen LogP contribution in [0.5, 0.6) is 5.75 Å². The van der Waals surface area contributed by atoms with Gasteiger partial charge in [-0.15, -0.1) is 0 Å². The first-order chi connectivity index (χ1) is 11.0. The molecule has 1 heterocycles. The molecule has 0 aromatic heterocycles. The number of amides is 1. The zero-order valence-corrected chi connectivity index (χ0v) is 12.7. The summed E-state index contributed by atoms with van der Waals surface area (Å²) in [6.45, 7) is 1.69. The number of fused-ring (bicyclic) bond motifs is 1. The standard InChI is InChI=1S/C18H17NO4/c1-18(17(21)22)16(20)19(12-11-13-7-3-2-4-8-13)14-9-5-6-10-15(14)23-18/h2-10H,11-12H2,1H3,(H,21,22)/t18-/m1/s1. The molecule has 118 valence electrons. The Morgan fingerprint density at radius 1 is 1.13 bits per heavy atom. The summed E-state index contributed by atoms with van der Waals surface area (Å²) in [6.07, 6.45) is 0.636. The van der Waals surface area contributed by atoms with Gasteiger partial charge >= 0.3 is 5.97 Å². The van der Waals surface area contributed by atoms with Crippen molar-refractivity contribution in [3.8, 4) is 5.75 Å². The first-order valence-electron chi connectivity index (χ1n) is 7.40. The van der Waals surface area contributed by atoms with E-state index in [0.29, 0.717) is 24.4 Å². The average molecular weight is 311 g/mol. The second kappa shape index (κ2) is 5.76. The van der Waals surface area contributed by atoms with Crippen LogP contribution in [-0.4, -0.2) is 29.1 Å². The average Bonchev–Trinajstić information content (AvgIpc) is 2.56. The van der Waals surface area contributed by atoms with Crippen LogP contribution in [0, 0.1) is 0 Å². The number of carbonyl (C=O) groups is 2. The highest BCUT2D eigenvalue weighted by atomic mass is 16.5. The summed E-state index contributed by atoms with van der Waals surface area (Å²) < 4.78 is 5.48. The lowest BCUT2D eigenvalue weighted by Gasteiger charge is -2.38. The smallest absolute Gasteiger partial charge is 0.357 e. The van der Waals surface area contributed by atoms with Gasteiger partial charge in [0.1, 0.15) is 5.75 Å². The lowest BCUT2D eigenvalue weighted by atomic mass is 10.0. The predicted octanol–water partition coefficient (Wildman–Crippen LogP) is 2.50. The lowest BCUT2D eigenvalue weighted by molar-refractivity contribution is -0.161. The molecule has 0 bridgehead atoms. The summed E-state index contributed by atoms with van der Waals surface area (Å²) in [5, 5.41) is 9.42. The minimum atomic E-state index is -1.90. The predicted molar refractivity (Wildman–Crippen MR) is 85.6 cm³/mol. The molecule has 3 rings (SSSR count). The van der Waals surface area contributed by atoms with E-state index in [1.807, 2.05) is 30.3 Å². The van der Waals surface area contributed by atoms with Gasteiger partial charge in [-0.1, -0.05) is 42.5 Å². The van der Waals surface area contributed by atoms with Gasteiger partial charge in [0, 0.05) is 6.54 Å². The van der Waals surface area contributed by atoms with Gasteiger partial charge in [0.15, 0.2) is 0 Å². The number of carboxylic acid groups (broad SMARTS) is 1. The molecule has 5 nitrogen and oxygen atoms in total. The maximum absolute atomic E-state index is 12.7. The largest absolute Gasteiger partial charge is 0.478 e. The zero-order chi connectivity index (χ0) is 16.4. The number of anilines is 1. The van der Waals surface area contributed by atoms with E-state index >= 15 is 0 Å². The van der Waals surface area contributed by atoms with Gasteiger partial charge in [-0.05, 0) is 31.0 Å². The molecular weight excluding hydrogens is 294 g/mol. The highest BCUT2D eigenvalue weighted by Gasteiger charge is 2.50. The van der Waals surface area contributed by atoms with Crippen LogP contribution in [0.3, 0.4) is 0 Å². The minimum Gasteiger partial charge on any atom is -0.478 e. The number of benzene rings is 2. The van der Waals surface area contributed by atoms with E-state index in [9.17, 15) is 14.7 Å². The maximum Gasteiger partial charge on any atom is 0.357 e. The number of nitrogens with zero attached hydrogens (tertiary/aromatic N) is 1. The van der Waals surface area contributed by atoms with E-state index < -0.39 is 17.5 Å². The van der Waals surface area contributed by atoms with Crippen LogP contribution in [-0.2, 0) is 16.0 Å². The summed E-state index contributed by atoms with van der Waals surface area (Å²) in [6, 6.07) is 16.8. The van der Waals surface area contributed by atoms with E-state index in [-0.39, 0.29) is 0 Å². The SMILES string of the molecule is C[C@@]1(C(=O)O)Oc2ccccc2N(CCc2ccccc2)C1=O. The quantitative estimate of drug-likeness (QED) is 0.881. The molecular formula is C18H17NO4. The molecule has 5 heteroatoms. The van der Waals surface area contributed by atoms with Gasteiger partial charge in [0.25, 0.3) is 11.5 Å². The Hall–Kier alpha value is -2.82. The molecule has 23 heavy (non-hydrogen) atoms. The number of aliphatic carboxylic acids is 1. The Labute approximate surface area is 134 Å². The molecule has 1 aliphatic heterocycles. The van der Waals surface area contributed by atoms with Crippen molar-refractivity contribution >= 4 is 17.6 Å². The van der Waals surface area contributed by atoms with Gasteiger partial charge in [0.2, 0.25) is 0 Å². The monoisotopic (exact) mass is 311 g/mol. The fourth-order valence-electron chi connectivity index (χ4n) is 2.64. The van der Waals surface area contributed by atoms with E-state index in [4.69, 9.17) is 4.74 Å². The fraction of sp³-hybridized carbons (Fsp3) is 0.222. The van der Waals surface area contributed by atoms with Crippen LogP contribution in [0.15, 0.2) is 54.6 Å². The summed E-state index contributed by atoms with van der Waals surface area (Å²) in [7, 11) is 0. The molecule has 0 saturated carbocycles. The van der Waals surface area contributed by atoms with Crippen molar-refractivity contribution in [2.75, 3.05) is 11.4 Å². The maximum atomic E-state index is 12.7. The number of carboxylic acids is 1. The number of ether oxygens (including phenoxy) is 1. The first-order valence-corrected chi connectivity index (χ1v) is 7.40. The van der Waals surface area contributed by atoms with E-state index in [1.54, 1.807) is 24.3 Å². The second-order valence-corrected chi connectivity index (χ2v) is 5.60.